The van der Waals surface area contributed by atoms with Gasteiger partial charge in [-0.25, -0.2) is 0 Å². The number of rotatable bonds is 5. The monoisotopic (exact) mass is 460 g/mol. The maximum Gasteiger partial charge on any atom is 0.433 e. The summed E-state index contributed by atoms with van der Waals surface area (Å²) in [6.07, 6.45) is 0. The van der Waals surface area contributed by atoms with Crippen LogP contribution in [0.3, 0.4) is 0 Å². The first-order valence-electron chi connectivity index (χ1n) is 9.35. The third-order valence-electron chi connectivity index (χ3n) is 4.84. The van der Waals surface area contributed by atoms with Crippen molar-refractivity contribution in [1.82, 2.24) is 4.90 Å². The van der Waals surface area contributed by atoms with Gasteiger partial charge in [0.2, 0.25) is 0 Å². The fraction of sp³-hybridized carbons (Fsp3) is 0.200. The van der Waals surface area contributed by atoms with E-state index in [1.54, 1.807) is 18.2 Å². The predicted molar refractivity (Wildman–Crippen MR) is 117 cm³/mol. The fourth-order valence-corrected chi connectivity index (χ4v) is 4.28. The van der Waals surface area contributed by atoms with Gasteiger partial charge in [-0.1, -0.05) is 17.7 Å². The van der Waals surface area contributed by atoms with Crippen LogP contribution in [0.2, 0.25) is 5.02 Å². The van der Waals surface area contributed by atoms with Gasteiger partial charge >= 0.3 is 5.88 Å². The number of hydrogen-bond donors (Lipinski definition) is 1. The second kappa shape index (κ2) is 8.78. The van der Waals surface area contributed by atoms with E-state index in [1.807, 2.05) is 22.4 Å². The molecule has 11 heteroatoms. The van der Waals surface area contributed by atoms with Crippen molar-refractivity contribution in [3.63, 3.8) is 0 Å². The van der Waals surface area contributed by atoms with Crippen LogP contribution in [0.5, 0.6) is 0 Å². The van der Waals surface area contributed by atoms with Gasteiger partial charge in [0, 0.05) is 31.9 Å². The molecule has 3 heterocycles. The van der Waals surface area contributed by atoms with Gasteiger partial charge < -0.3 is 19.5 Å². The summed E-state index contributed by atoms with van der Waals surface area (Å²) in [4.78, 5) is 39.3. The van der Waals surface area contributed by atoms with Gasteiger partial charge in [-0.05, 0) is 35.7 Å². The third-order valence-corrected chi connectivity index (χ3v) is 6.00. The molecule has 2 aromatic heterocycles. The largest absolute Gasteiger partial charge is 0.433 e. The lowest BCUT2D eigenvalue weighted by atomic mass is 10.2. The van der Waals surface area contributed by atoms with Crippen LogP contribution in [0, 0.1) is 10.1 Å². The number of hydrogen-bond acceptors (Lipinski definition) is 7. The molecular weight excluding hydrogens is 444 g/mol. The number of piperazine rings is 1. The molecule has 31 heavy (non-hydrogen) atoms. The highest BCUT2D eigenvalue weighted by Crippen LogP contribution is 2.30. The summed E-state index contributed by atoms with van der Waals surface area (Å²) < 4.78 is 4.90. The molecule has 0 spiro atoms. The van der Waals surface area contributed by atoms with Crippen LogP contribution >= 0.6 is 22.9 Å². The summed E-state index contributed by atoms with van der Waals surface area (Å²) in [6.45, 7) is 2.45. The van der Waals surface area contributed by atoms with Crippen molar-refractivity contribution in [3.8, 4) is 0 Å². The molecule has 1 aliphatic rings. The number of amides is 2. The third kappa shape index (κ3) is 4.54. The van der Waals surface area contributed by atoms with Crippen LogP contribution in [-0.4, -0.2) is 47.8 Å². The second-order valence-electron chi connectivity index (χ2n) is 6.77. The van der Waals surface area contributed by atoms with E-state index in [-0.39, 0.29) is 11.7 Å². The number of furan rings is 1. The molecule has 4 rings (SSSR count). The normalized spacial score (nSPS) is 13.8. The lowest BCUT2D eigenvalue weighted by Crippen LogP contribution is -2.48. The Bertz CT molecular complexity index is 1120. The Kier molecular flexibility index (Phi) is 5.92. The minimum atomic E-state index is -0.712. The summed E-state index contributed by atoms with van der Waals surface area (Å²) >= 11 is 7.86. The SMILES string of the molecule is O=C(Nc1ccc(N2CCN(C(=O)c3cccs3)CC2)c(Cl)c1)c1ccc([N+](=O)[O-])o1. The van der Waals surface area contributed by atoms with Crippen LogP contribution in [0.25, 0.3) is 0 Å². The maximum absolute atomic E-state index is 12.5. The van der Waals surface area contributed by atoms with Gasteiger partial charge in [-0.2, -0.15) is 0 Å². The van der Waals surface area contributed by atoms with Crippen molar-refractivity contribution >= 4 is 52.0 Å². The number of anilines is 2. The summed E-state index contributed by atoms with van der Waals surface area (Å²) in [5.74, 6) is -1.25. The minimum absolute atomic E-state index is 0.0389. The van der Waals surface area contributed by atoms with Crippen molar-refractivity contribution in [2.45, 2.75) is 0 Å². The van der Waals surface area contributed by atoms with Crippen LogP contribution in [0.1, 0.15) is 20.2 Å². The van der Waals surface area contributed by atoms with Crippen LogP contribution in [-0.2, 0) is 0 Å². The molecule has 0 atom stereocenters. The van der Waals surface area contributed by atoms with E-state index in [0.29, 0.717) is 36.9 Å². The zero-order chi connectivity index (χ0) is 22.0. The topological polar surface area (TPSA) is 109 Å². The summed E-state index contributed by atoms with van der Waals surface area (Å²) in [5.41, 5.74) is 1.24. The summed E-state index contributed by atoms with van der Waals surface area (Å²) in [6, 6.07) is 11.1. The molecule has 9 nitrogen and oxygen atoms in total. The molecular formula is C20H17ClN4O5S. The maximum atomic E-state index is 12.5. The number of thiophene rings is 1. The molecule has 2 amide bonds. The van der Waals surface area contributed by atoms with E-state index in [2.05, 4.69) is 10.2 Å². The van der Waals surface area contributed by atoms with E-state index in [0.717, 1.165) is 16.6 Å². The van der Waals surface area contributed by atoms with Crippen LogP contribution < -0.4 is 10.2 Å². The second-order valence-corrected chi connectivity index (χ2v) is 8.13. The van der Waals surface area contributed by atoms with Crippen molar-refractivity contribution in [1.29, 1.82) is 0 Å². The van der Waals surface area contributed by atoms with Gasteiger partial charge in [-0.3, -0.25) is 19.7 Å². The molecule has 160 valence electrons. The molecule has 1 aliphatic heterocycles. The summed E-state index contributed by atoms with van der Waals surface area (Å²) in [5, 5.41) is 15.6. The first-order chi connectivity index (χ1) is 14.9. The van der Waals surface area contributed by atoms with Crippen molar-refractivity contribution < 1.29 is 18.9 Å². The highest BCUT2D eigenvalue weighted by atomic mass is 35.5. The van der Waals surface area contributed by atoms with Gasteiger partial charge in [0.05, 0.1) is 21.7 Å². The molecule has 1 fully saturated rings. The van der Waals surface area contributed by atoms with E-state index in [9.17, 15) is 19.7 Å². The molecule has 1 N–H and O–H groups in total. The number of nitrogens with zero attached hydrogens (tertiary/aromatic N) is 3. The highest BCUT2D eigenvalue weighted by Gasteiger charge is 2.24. The zero-order valence-corrected chi connectivity index (χ0v) is 17.7. The number of halogens is 1. The van der Waals surface area contributed by atoms with Crippen molar-refractivity contribution in [3.05, 3.63) is 73.6 Å². The molecule has 1 aromatic carbocycles. The van der Waals surface area contributed by atoms with E-state index < -0.39 is 16.7 Å². The number of carbonyl (C=O) groups excluding carboxylic acids is 2. The molecule has 0 aliphatic carbocycles. The Hall–Kier alpha value is -3.37. The fourth-order valence-electron chi connectivity index (χ4n) is 3.29. The molecule has 3 aromatic rings. The smallest absolute Gasteiger partial charge is 0.395 e. The van der Waals surface area contributed by atoms with Crippen LogP contribution in [0.4, 0.5) is 17.3 Å². The Morgan fingerprint density at radius 1 is 1.13 bits per heavy atom. The summed E-state index contributed by atoms with van der Waals surface area (Å²) in [7, 11) is 0. The molecule has 0 bridgehead atoms. The Labute approximate surface area is 186 Å². The first kappa shape index (κ1) is 20.9. The molecule has 0 saturated carbocycles. The van der Waals surface area contributed by atoms with Gasteiger partial charge in [0.15, 0.2) is 5.76 Å². The van der Waals surface area contributed by atoms with E-state index in [4.69, 9.17) is 16.0 Å². The lowest BCUT2D eigenvalue weighted by Gasteiger charge is -2.36. The van der Waals surface area contributed by atoms with Crippen LogP contribution in [0.15, 0.2) is 52.3 Å². The molecule has 1 saturated heterocycles. The minimum Gasteiger partial charge on any atom is -0.395 e. The quantitative estimate of drug-likeness (QED) is 0.453. The van der Waals surface area contributed by atoms with E-state index >= 15 is 0 Å². The molecule has 0 radical (unpaired) electrons. The average molecular weight is 461 g/mol. The van der Waals surface area contributed by atoms with Gasteiger partial charge in [-0.15, -0.1) is 11.3 Å². The standard InChI is InChI=1S/C20H17ClN4O5S/c21-14-12-13(22-19(26)16-5-6-18(30-16)25(28)29)3-4-15(14)23-7-9-24(10-8-23)20(27)17-2-1-11-31-17/h1-6,11-12H,7-10H2,(H,22,26). The van der Waals surface area contributed by atoms with Crippen molar-refractivity contribution in [2.24, 2.45) is 0 Å². The number of nitro groups is 1. The number of nitrogens with one attached hydrogen (secondary N) is 1. The Balaban J connectivity index is 1.38. The average Bonchev–Trinajstić information content (AvgIpc) is 3.46. The molecule has 0 unspecified atom stereocenters. The highest BCUT2D eigenvalue weighted by molar-refractivity contribution is 7.12. The van der Waals surface area contributed by atoms with Gasteiger partial charge in [0.25, 0.3) is 11.8 Å². The zero-order valence-electron chi connectivity index (χ0n) is 16.1. The van der Waals surface area contributed by atoms with Crippen molar-refractivity contribution in [2.75, 3.05) is 36.4 Å². The predicted octanol–water partition coefficient (Wildman–Crippen LogP) is 4.12. The first-order valence-corrected chi connectivity index (χ1v) is 10.6. The van der Waals surface area contributed by atoms with E-state index in [1.165, 1.54) is 17.4 Å². The van der Waals surface area contributed by atoms with Gasteiger partial charge in [0.1, 0.15) is 4.92 Å². The lowest BCUT2D eigenvalue weighted by molar-refractivity contribution is -0.402. The number of benzene rings is 1. The Morgan fingerprint density at radius 2 is 1.90 bits per heavy atom. The number of carbonyl (C=O) groups is 2. The Morgan fingerprint density at radius 3 is 2.52 bits per heavy atom.